The Balaban J connectivity index is 2.09. The molecule has 2 heterocycles. The molecular weight excluding hydrogens is 369 g/mol. The van der Waals surface area contributed by atoms with E-state index in [0.29, 0.717) is 33.2 Å². The van der Waals surface area contributed by atoms with E-state index in [1.165, 1.54) is 11.3 Å². The largest absolute Gasteiger partial charge is 0.462 e. The monoisotopic (exact) mass is 381 g/mol. The number of ether oxygens (including phenoxy) is 1. The van der Waals surface area contributed by atoms with Crippen molar-refractivity contribution in [1.29, 1.82) is 0 Å². The number of thiophene rings is 1. The van der Waals surface area contributed by atoms with Crippen LogP contribution in [0.3, 0.4) is 0 Å². The van der Waals surface area contributed by atoms with Gasteiger partial charge in [-0.15, -0.1) is 11.3 Å². The summed E-state index contributed by atoms with van der Waals surface area (Å²) >= 11 is 13.5. The number of rotatable bonds is 4. The highest BCUT2D eigenvalue weighted by Gasteiger charge is 2.19. The zero-order valence-electron chi connectivity index (χ0n) is 12.9. The van der Waals surface area contributed by atoms with E-state index in [4.69, 9.17) is 27.9 Å². The topological polar surface area (TPSA) is 64.1 Å². The van der Waals surface area contributed by atoms with Crippen LogP contribution in [0.15, 0.2) is 23.6 Å². The van der Waals surface area contributed by atoms with Gasteiger partial charge in [-0.25, -0.2) is 9.78 Å². The van der Waals surface area contributed by atoms with Crippen LogP contribution in [-0.2, 0) is 4.74 Å². The Bertz CT molecular complexity index is 927. The van der Waals surface area contributed by atoms with Crippen LogP contribution in [0.5, 0.6) is 0 Å². The summed E-state index contributed by atoms with van der Waals surface area (Å²) in [6.07, 6.45) is 0. The zero-order chi connectivity index (χ0) is 17.3. The lowest BCUT2D eigenvalue weighted by atomic mass is 10.2. The van der Waals surface area contributed by atoms with Gasteiger partial charge in [0.1, 0.15) is 10.6 Å². The lowest BCUT2D eigenvalue weighted by Gasteiger charge is -2.10. The second-order valence-electron chi connectivity index (χ2n) is 4.98. The number of hydrogen-bond acceptors (Lipinski definition) is 6. The molecule has 0 fully saturated rings. The highest BCUT2D eigenvalue weighted by Crippen LogP contribution is 2.33. The van der Waals surface area contributed by atoms with Crippen LogP contribution in [-0.4, -0.2) is 22.5 Å². The van der Waals surface area contributed by atoms with Crippen molar-refractivity contribution in [2.45, 2.75) is 13.8 Å². The fourth-order valence-corrected chi connectivity index (χ4v) is 3.48. The van der Waals surface area contributed by atoms with E-state index in [0.717, 1.165) is 11.3 Å². The molecule has 0 saturated carbocycles. The van der Waals surface area contributed by atoms with E-state index in [1.807, 2.05) is 19.1 Å². The Morgan fingerprint density at radius 3 is 2.83 bits per heavy atom. The molecule has 3 aromatic rings. The van der Waals surface area contributed by atoms with Crippen molar-refractivity contribution < 1.29 is 9.53 Å². The van der Waals surface area contributed by atoms with Crippen molar-refractivity contribution in [3.63, 3.8) is 0 Å². The molecule has 5 nitrogen and oxygen atoms in total. The summed E-state index contributed by atoms with van der Waals surface area (Å²) in [5.74, 6) is 0.0221. The number of hydrogen-bond donors (Lipinski definition) is 1. The predicted molar refractivity (Wildman–Crippen MR) is 97.9 cm³/mol. The maximum atomic E-state index is 12.2. The van der Waals surface area contributed by atoms with E-state index >= 15 is 0 Å². The van der Waals surface area contributed by atoms with E-state index < -0.39 is 5.97 Å². The number of nitrogens with one attached hydrogen (secondary N) is 1. The number of aromatic nitrogens is 2. The van der Waals surface area contributed by atoms with Crippen LogP contribution in [0, 0.1) is 6.92 Å². The molecule has 0 spiro atoms. The number of aryl methyl sites for hydroxylation is 1. The number of benzene rings is 1. The minimum atomic E-state index is -0.417. The number of nitrogens with zero attached hydrogens (tertiary/aromatic N) is 2. The Labute approximate surface area is 152 Å². The zero-order valence-corrected chi connectivity index (χ0v) is 15.2. The van der Waals surface area contributed by atoms with Crippen LogP contribution in [0.2, 0.25) is 10.3 Å². The van der Waals surface area contributed by atoms with Crippen LogP contribution >= 0.6 is 34.5 Å². The molecule has 0 atom stereocenters. The first-order valence-electron chi connectivity index (χ1n) is 7.14. The van der Waals surface area contributed by atoms with Crippen LogP contribution < -0.4 is 5.32 Å². The quantitative estimate of drug-likeness (QED) is 0.495. The maximum absolute atomic E-state index is 12.2. The van der Waals surface area contributed by atoms with Crippen molar-refractivity contribution in [1.82, 2.24) is 9.97 Å². The predicted octanol–water partition coefficient (Wildman–Crippen LogP) is 5.23. The summed E-state index contributed by atoms with van der Waals surface area (Å²) in [7, 11) is 0. The van der Waals surface area contributed by atoms with Crippen molar-refractivity contribution in [3.05, 3.63) is 45.0 Å². The van der Waals surface area contributed by atoms with Crippen molar-refractivity contribution in [2.75, 3.05) is 11.9 Å². The summed E-state index contributed by atoms with van der Waals surface area (Å²) in [4.78, 5) is 21.2. The van der Waals surface area contributed by atoms with Crippen LogP contribution in [0.4, 0.5) is 11.5 Å². The first-order valence-corrected chi connectivity index (χ1v) is 8.78. The molecule has 3 rings (SSSR count). The molecule has 1 N–H and O–H groups in total. The normalized spacial score (nSPS) is 10.8. The third-order valence-corrected chi connectivity index (χ3v) is 4.78. The fraction of sp³-hybridized carbons (Fsp3) is 0.188. The number of carbonyl (C=O) groups excluding carboxylic acids is 1. The second-order valence-corrected chi connectivity index (χ2v) is 6.58. The van der Waals surface area contributed by atoms with Gasteiger partial charge >= 0.3 is 5.97 Å². The van der Waals surface area contributed by atoms with Gasteiger partial charge in [-0.1, -0.05) is 17.7 Å². The smallest absolute Gasteiger partial charge is 0.339 e. The number of fused-ring (bicyclic) bond motifs is 1. The van der Waals surface area contributed by atoms with Gasteiger partial charge in [0.05, 0.1) is 17.6 Å². The Morgan fingerprint density at radius 2 is 2.12 bits per heavy atom. The molecular formula is C16H13Cl2N3O2S. The number of esters is 1. The van der Waals surface area contributed by atoms with Gasteiger partial charge in [0.15, 0.2) is 0 Å². The fourth-order valence-electron chi connectivity index (χ4n) is 2.17. The molecule has 0 unspecified atom stereocenters. The van der Waals surface area contributed by atoms with Crippen LogP contribution in [0.1, 0.15) is 22.8 Å². The lowest BCUT2D eigenvalue weighted by Crippen LogP contribution is -2.05. The minimum absolute atomic E-state index is 0.0977. The van der Waals surface area contributed by atoms with Gasteiger partial charge in [0.2, 0.25) is 5.28 Å². The summed E-state index contributed by atoms with van der Waals surface area (Å²) in [5.41, 5.74) is 2.12. The van der Waals surface area contributed by atoms with Gasteiger partial charge in [0.25, 0.3) is 0 Å². The SMILES string of the molecule is CCOC(=O)c1csc2nc(Cl)nc(Nc3ccc(C)c(Cl)c3)c12. The van der Waals surface area contributed by atoms with Gasteiger partial charge < -0.3 is 10.1 Å². The van der Waals surface area contributed by atoms with Gasteiger partial charge in [-0.05, 0) is 43.1 Å². The molecule has 0 bridgehead atoms. The Hall–Kier alpha value is -1.89. The summed E-state index contributed by atoms with van der Waals surface area (Å²) in [6.45, 7) is 3.97. The number of anilines is 2. The molecule has 0 aliphatic carbocycles. The average molecular weight is 382 g/mol. The van der Waals surface area contributed by atoms with E-state index in [-0.39, 0.29) is 5.28 Å². The minimum Gasteiger partial charge on any atom is -0.462 e. The Morgan fingerprint density at radius 1 is 1.33 bits per heavy atom. The van der Waals surface area contributed by atoms with Gasteiger partial charge in [-0.2, -0.15) is 4.98 Å². The van der Waals surface area contributed by atoms with E-state index in [2.05, 4.69) is 15.3 Å². The Kier molecular flexibility index (Phi) is 4.89. The average Bonchev–Trinajstić information content (AvgIpc) is 2.95. The summed E-state index contributed by atoms with van der Waals surface area (Å²) in [6, 6.07) is 5.55. The molecule has 0 aliphatic heterocycles. The van der Waals surface area contributed by atoms with E-state index in [1.54, 1.807) is 18.4 Å². The highest BCUT2D eigenvalue weighted by molar-refractivity contribution is 7.17. The molecule has 0 aliphatic rings. The third kappa shape index (κ3) is 3.31. The third-order valence-electron chi connectivity index (χ3n) is 3.34. The van der Waals surface area contributed by atoms with Gasteiger partial charge in [-0.3, -0.25) is 0 Å². The van der Waals surface area contributed by atoms with Crippen LogP contribution in [0.25, 0.3) is 10.2 Å². The summed E-state index contributed by atoms with van der Waals surface area (Å²) in [5, 5.41) is 6.17. The molecule has 0 saturated heterocycles. The molecule has 2 aromatic heterocycles. The molecule has 124 valence electrons. The number of halogens is 2. The molecule has 0 radical (unpaired) electrons. The van der Waals surface area contributed by atoms with Crippen molar-refractivity contribution >= 4 is 62.2 Å². The van der Waals surface area contributed by atoms with Gasteiger partial charge in [0, 0.05) is 16.1 Å². The maximum Gasteiger partial charge on any atom is 0.339 e. The standard InChI is InChI=1S/C16H13Cl2N3O2S/c1-3-23-15(22)10-7-24-14-12(10)13(20-16(18)21-14)19-9-5-4-8(2)11(17)6-9/h4-7H,3H2,1-2H3,(H,19,20,21). The summed E-state index contributed by atoms with van der Waals surface area (Å²) < 4.78 is 5.09. The number of carbonyl (C=O) groups is 1. The first kappa shape index (κ1) is 17.0. The second kappa shape index (κ2) is 6.93. The van der Waals surface area contributed by atoms with E-state index in [9.17, 15) is 4.79 Å². The molecule has 24 heavy (non-hydrogen) atoms. The molecule has 1 aromatic carbocycles. The first-order chi connectivity index (χ1) is 11.5. The highest BCUT2D eigenvalue weighted by atomic mass is 35.5. The lowest BCUT2D eigenvalue weighted by molar-refractivity contribution is 0.0529. The molecule has 0 amide bonds. The van der Waals surface area contributed by atoms with Crippen molar-refractivity contribution in [3.8, 4) is 0 Å². The molecule has 8 heteroatoms. The van der Waals surface area contributed by atoms with Crippen molar-refractivity contribution in [2.24, 2.45) is 0 Å².